The molecule has 4 aromatic rings. The highest BCUT2D eigenvalue weighted by molar-refractivity contribution is 6.06. The molecule has 4 rings (SSSR count). The predicted molar refractivity (Wildman–Crippen MR) is 116 cm³/mol. The van der Waals surface area contributed by atoms with Gasteiger partial charge in [0, 0.05) is 18.0 Å². The third-order valence-corrected chi connectivity index (χ3v) is 5.01. The van der Waals surface area contributed by atoms with E-state index in [0.29, 0.717) is 33.6 Å². The van der Waals surface area contributed by atoms with Gasteiger partial charge in [0.15, 0.2) is 5.43 Å². The van der Waals surface area contributed by atoms with Crippen LogP contribution in [0.2, 0.25) is 0 Å². The van der Waals surface area contributed by atoms with Gasteiger partial charge in [-0.25, -0.2) is 4.39 Å². The second kappa shape index (κ2) is 7.83. The van der Waals surface area contributed by atoms with Crippen molar-refractivity contribution in [3.63, 3.8) is 0 Å². The molecule has 0 spiro atoms. The minimum atomic E-state index is -0.440. The smallest absolute Gasteiger partial charge is 0.256 e. The van der Waals surface area contributed by atoms with Gasteiger partial charge in [-0.2, -0.15) is 0 Å². The number of nitrogens with one attached hydrogen (secondary N) is 1. The third kappa shape index (κ3) is 3.43. The average molecular weight is 402 g/mol. The van der Waals surface area contributed by atoms with Gasteiger partial charge in [0.05, 0.1) is 18.2 Å². The molecule has 1 heterocycles. The number of carbonyl (C=O) groups is 1. The Kier molecular flexibility index (Phi) is 5.06. The van der Waals surface area contributed by atoms with Gasteiger partial charge in [-0.1, -0.05) is 24.3 Å². The Morgan fingerprint density at radius 1 is 1.00 bits per heavy atom. The molecule has 1 aromatic heterocycles. The lowest BCUT2D eigenvalue weighted by Crippen LogP contribution is -2.21. The van der Waals surface area contributed by atoms with Gasteiger partial charge in [-0.3, -0.25) is 9.59 Å². The SMILES string of the molecule is COc1cccc(-c2c(NC(=O)c3ccc(F)cc3)n(C)c3ccccc3c2=O)c1. The van der Waals surface area contributed by atoms with E-state index in [1.54, 1.807) is 55.1 Å². The maximum Gasteiger partial charge on any atom is 0.256 e. The van der Waals surface area contributed by atoms with Crippen molar-refractivity contribution in [2.24, 2.45) is 7.05 Å². The first kappa shape index (κ1) is 19.4. The van der Waals surface area contributed by atoms with E-state index >= 15 is 0 Å². The molecule has 1 N–H and O–H groups in total. The minimum absolute atomic E-state index is 0.202. The number of rotatable bonds is 4. The average Bonchev–Trinajstić information content (AvgIpc) is 2.78. The summed E-state index contributed by atoms with van der Waals surface area (Å²) < 4.78 is 20.3. The first-order valence-electron chi connectivity index (χ1n) is 9.32. The number of anilines is 1. The molecule has 0 aliphatic heterocycles. The summed E-state index contributed by atoms with van der Waals surface area (Å²) >= 11 is 0. The van der Waals surface area contributed by atoms with Gasteiger partial charge in [0.1, 0.15) is 17.4 Å². The zero-order valence-corrected chi connectivity index (χ0v) is 16.5. The maximum absolute atomic E-state index is 13.4. The zero-order chi connectivity index (χ0) is 21.3. The van der Waals surface area contributed by atoms with E-state index < -0.39 is 11.7 Å². The van der Waals surface area contributed by atoms with Crippen molar-refractivity contribution in [1.29, 1.82) is 0 Å². The summed E-state index contributed by atoms with van der Waals surface area (Å²) in [6.45, 7) is 0. The first-order valence-corrected chi connectivity index (χ1v) is 9.32. The molecule has 0 aliphatic carbocycles. The third-order valence-electron chi connectivity index (χ3n) is 5.01. The number of amides is 1. The fourth-order valence-corrected chi connectivity index (χ4v) is 3.46. The Labute approximate surface area is 172 Å². The highest BCUT2D eigenvalue weighted by atomic mass is 19.1. The molecule has 0 aliphatic rings. The van der Waals surface area contributed by atoms with E-state index in [1.165, 1.54) is 24.3 Å². The monoisotopic (exact) mass is 402 g/mol. The topological polar surface area (TPSA) is 60.3 Å². The summed E-state index contributed by atoms with van der Waals surface area (Å²) in [5.74, 6) is 0.0750. The van der Waals surface area contributed by atoms with Gasteiger partial charge >= 0.3 is 0 Å². The lowest BCUT2D eigenvalue weighted by molar-refractivity contribution is 0.102. The number of para-hydroxylation sites is 1. The number of halogens is 1. The quantitative estimate of drug-likeness (QED) is 0.543. The lowest BCUT2D eigenvalue weighted by atomic mass is 10.0. The van der Waals surface area contributed by atoms with Crippen LogP contribution in [-0.2, 0) is 7.05 Å². The van der Waals surface area contributed by atoms with Gasteiger partial charge in [-0.05, 0) is 54.1 Å². The number of aryl methyl sites for hydroxylation is 1. The number of hydrogen-bond donors (Lipinski definition) is 1. The van der Waals surface area contributed by atoms with Gasteiger partial charge < -0.3 is 14.6 Å². The largest absolute Gasteiger partial charge is 0.497 e. The summed E-state index contributed by atoms with van der Waals surface area (Å²) in [6, 6.07) is 19.6. The minimum Gasteiger partial charge on any atom is -0.497 e. The van der Waals surface area contributed by atoms with Crippen molar-refractivity contribution in [2.75, 3.05) is 12.4 Å². The highest BCUT2D eigenvalue weighted by Crippen LogP contribution is 2.30. The molecular weight excluding hydrogens is 383 g/mol. The number of aromatic nitrogens is 1. The molecule has 1 amide bonds. The Hall–Kier alpha value is -3.93. The molecule has 0 bridgehead atoms. The molecule has 0 unspecified atom stereocenters. The van der Waals surface area contributed by atoms with Crippen LogP contribution < -0.4 is 15.5 Å². The van der Waals surface area contributed by atoms with Crippen molar-refractivity contribution < 1.29 is 13.9 Å². The molecule has 0 radical (unpaired) electrons. The predicted octanol–water partition coefficient (Wildman–Crippen LogP) is 4.61. The van der Waals surface area contributed by atoms with Crippen LogP contribution in [0.5, 0.6) is 5.75 Å². The number of benzene rings is 3. The van der Waals surface area contributed by atoms with Crippen molar-refractivity contribution >= 4 is 22.6 Å². The van der Waals surface area contributed by atoms with Crippen LogP contribution >= 0.6 is 0 Å². The van der Waals surface area contributed by atoms with Gasteiger partial charge in [0.25, 0.3) is 5.91 Å². The van der Waals surface area contributed by atoms with Crippen LogP contribution in [-0.4, -0.2) is 17.6 Å². The highest BCUT2D eigenvalue weighted by Gasteiger charge is 2.19. The molecule has 0 saturated heterocycles. The first-order chi connectivity index (χ1) is 14.5. The molecule has 150 valence electrons. The fourth-order valence-electron chi connectivity index (χ4n) is 3.46. The van der Waals surface area contributed by atoms with E-state index in [-0.39, 0.29) is 11.0 Å². The van der Waals surface area contributed by atoms with Crippen LogP contribution in [0.15, 0.2) is 77.6 Å². The molecular formula is C24H19FN2O3. The molecule has 0 saturated carbocycles. The zero-order valence-electron chi connectivity index (χ0n) is 16.5. The van der Waals surface area contributed by atoms with Crippen molar-refractivity contribution in [2.45, 2.75) is 0 Å². The number of ether oxygens (including phenoxy) is 1. The van der Waals surface area contributed by atoms with Crippen LogP contribution in [0.4, 0.5) is 10.2 Å². The Bertz CT molecular complexity index is 1310. The Balaban J connectivity index is 1.94. The Morgan fingerprint density at radius 2 is 1.73 bits per heavy atom. The van der Waals surface area contributed by atoms with Crippen molar-refractivity contribution in [3.8, 4) is 16.9 Å². The van der Waals surface area contributed by atoms with Gasteiger partial charge in [0.2, 0.25) is 0 Å². The van der Waals surface area contributed by atoms with E-state index in [2.05, 4.69) is 5.32 Å². The second-order valence-electron chi connectivity index (χ2n) is 6.82. The molecule has 30 heavy (non-hydrogen) atoms. The number of nitrogens with zero attached hydrogens (tertiary/aromatic N) is 1. The summed E-state index contributed by atoms with van der Waals surface area (Å²) in [5.41, 5.74) is 1.74. The standard InChI is InChI=1S/C24H19FN2O3/c1-27-20-9-4-3-8-19(20)22(28)21(16-6-5-7-18(14-16)30-2)23(27)26-24(29)15-10-12-17(25)13-11-15/h3-14H,1-2H3,(H,26,29). The van der Waals surface area contributed by atoms with Crippen LogP contribution in [0.1, 0.15) is 10.4 Å². The van der Waals surface area contributed by atoms with Crippen molar-refractivity contribution in [1.82, 2.24) is 4.57 Å². The normalized spacial score (nSPS) is 10.8. The van der Waals surface area contributed by atoms with Crippen LogP contribution in [0.3, 0.4) is 0 Å². The van der Waals surface area contributed by atoms with Crippen LogP contribution in [0.25, 0.3) is 22.0 Å². The van der Waals surface area contributed by atoms with E-state index in [1.807, 2.05) is 12.1 Å². The van der Waals surface area contributed by atoms with E-state index in [9.17, 15) is 14.0 Å². The molecule has 5 nitrogen and oxygen atoms in total. The number of fused-ring (bicyclic) bond motifs is 1. The number of pyridine rings is 1. The summed E-state index contributed by atoms with van der Waals surface area (Å²) in [7, 11) is 3.33. The van der Waals surface area contributed by atoms with Gasteiger partial charge in [-0.15, -0.1) is 0 Å². The molecule has 6 heteroatoms. The summed E-state index contributed by atoms with van der Waals surface area (Å²) in [6.07, 6.45) is 0. The Morgan fingerprint density at radius 3 is 2.47 bits per heavy atom. The van der Waals surface area contributed by atoms with Crippen molar-refractivity contribution in [3.05, 3.63) is 94.4 Å². The maximum atomic E-state index is 13.4. The second-order valence-corrected chi connectivity index (χ2v) is 6.82. The van der Waals surface area contributed by atoms with E-state index in [0.717, 1.165) is 0 Å². The molecule has 0 atom stereocenters. The molecule has 0 fully saturated rings. The number of carbonyl (C=O) groups excluding carboxylic acids is 1. The summed E-state index contributed by atoms with van der Waals surface area (Å²) in [4.78, 5) is 26.3. The van der Waals surface area contributed by atoms with E-state index in [4.69, 9.17) is 4.74 Å². The number of methoxy groups -OCH3 is 1. The fraction of sp³-hybridized carbons (Fsp3) is 0.0833. The number of hydrogen-bond acceptors (Lipinski definition) is 3. The van der Waals surface area contributed by atoms with Crippen LogP contribution in [0, 0.1) is 5.82 Å². The lowest BCUT2D eigenvalue weighted by Gasteiger charge is -2.18. The summed E-state index contributed by atoms with van der Waals surface area (Å²) in [5, 5.41) is 3.38. The molecule has 3 aromatic carbocycles.